The van der Waals surface area contributed by atoms with Crippen molar-refractivity contribution in [3.05, 3.63) is 48.3 Å². The van der Waals surface area contributed by atoms with E-state index in [0.717, 1.165) is 20.8 Å². The molecule has 3 rings (SSSR count). The van der Waals surface area contributed by atoms with Crippen LogP contribution >= 0.6 is 11.8 Å². The van der Waals surface area contributed by atoms with Crippen LogP contribution in [0.2, 0.25) is 0 Å². The Kier molecular flexibility index (Phi) is 3.97. The summed E-state index contributed by atoms with van der Waals surface area (Å²) in [6, 6.07) is 12.0. The zero-order valence-corrected chi connectivity index (χ0v) is 12.4. The second-order valence-corrected chi connectivity index (χ2v) is 5.59. The average Bonchev–Trinajstić information content (AvgIpc) is 2.88. The number of ether oxygens (including phenoxy) is 1. The smallest absolute Gasteiger partial charge is 0.413 e. The number of hydrogen-bond donors (Lipinski definition) is 2. The van der Waals surface area contributed by atoms with Crippen LogP contribution in [0.4, 0.5) is 15.1 Å². The summed E-state index contributed by atoms with van der Waals surface area (Å²) in [6.45, 7) is 0. The second-order valence-electron chi connectivity index (χ2n) is 4.44. The van der Waals surface area contributed by atoms with E-state index in [4.69, 9.17) is 0 Å². The number of amides is 1. The van der Waals surface area contributed by atoms with E-state index in [2.05, 4.69) is 20.0 Å². The van der Waals surface area contributed by atoms with E-state index in [1.165, 1.54) is 31.0 Å². The van der Waals surface area contributed by atoms with Gasteiger partial charge in [0.1, 0.15) is 5.82 Å². The molecule has 5 nitrogen and oxygen atoms in total. The molecule has 2 aromatic carbocycles. The lowest BCUT2D eigenvalue weighted by Gasteiger charge is -2.01. The summed E-state index contributed by atoms with van der Waals surface area (Å²) in [5, 5.41) is 2.47. The topological polar surface area (TPSA) is 67.0 Å². The van der Waals surface area contributed by atoms with Crippen LogP contribution in [-0.4, -0.2) is 23.2 Å². The van der Waals surface area contributed by atoms with E-state index in [0.29, 0.717) is 5.95 Å². The van der Waals surface area contributed by atoms with Gasteiger partial charge in [0.2, 0.25) is 5.95 Å². The van der Waals surface area contributed by atoms with Crippen molar-refractivity contribution >= 4 is 34.8 Å². The van der Waals surface area contributed by atoms with E-state index in [1.54, 1.807) is 6.07 Å². The molecule has 0 saturated carbocycles. The molecule has 1 aromatic heterocycles. The van der Waals surface area contributed by atoms with Gasteiger partial charge in [-0.1, -0.05) is 17.8 Å². The number of hydrogen-bond acceptors (Lipinski definition) is 4. The molecule has 0 aliphatic rings. The number of nitrogens with one attached hydrogen (secondary N) is 2. The second kappa shape index (κ2) is 6.07. The number of H-pyrrole nitrogens is 1. The molecular formula is C15H12FN3O2S. The number of imidazole rings is 1. The Labute approximate surface area is 129 Å². The fourth-order valence-corrected chi connectivity index (χ4v) is 2.83. The van der Waals surface area contributed by atoms with Crippen molar-refractivity contribution in [1.29, 1.82) is 0 Å². The highest BCUT2D eigenvalue weighted by Crippen LogP contribution is 2.30. The minimum atomic E-state index is -0.589. The fourth-order valence-electron chi connectivity index (χ4n) is 1.93. The molecule has 1 heterocycles. The minimum Gasteiger partial charge on any atom is -0.453 e. The van der Waals surface area contributed by atoms with Gasteiger partial charge in [0.25, 0.3) is 0 Å². The van der Waals surface area contributed by atoms with E-state index in [9.17, 15) is 9.18 Å². The molecule has 0 atom stereocenters. The molecule has 0 saturated heterocycles. The molecule has 0 bridgehead atoms. The lowest BCUT2D eigenvalue weighted by molar-refractivity contribution is 0.186. The summed E-state index contributed by atoms with van der Waals surface area (Å²) in [5.41, 5.74) is 1.49. The number of methoxy groups -OCH3 is 1. The third-order valence-corrected chi connectivity index (χ3v) is 3.87. The Hall–Kier alpha value is -2.54. The van der Waals surface area contributed by atoms with Crippen molar-refractivity contribution in [2.45, 2.75) is 9.79 Å². The Bertz CT molecular complexity index is 835. The first-order valence-corrected chi connectivity index (χ1v) is 7.24. The molecule has 0 radical (unpaired) electrons. The molecule has 112 valence electrons. The molecule has 0 aliphatic heterocycles. The molecule has 0 unspecified atom stereocenters. The lowest BCUT2D eigenvalue weighted by Crippen LogP contribution is -2.11. The van der Waals surface area contributed by atoms with Gasteiger partial charge in [0.15, 0.2) is 0 Å². The van der Waals surface area contributed by atoms with Crippen molar-refractivity contribution in [3.63, 3.8) is 0 Å². The highest BCUT2D eigenvalue weighted by Gasteiger charge is 2.08. The van der Waals surface area contributed by atoms with Crippen LogP contribution in [0.15, 0.2) is 52.3 Å². The van der Waals surface area contributed by atoms with Crippen LogP contribution < -0.4 is 5.32 Å². The van der Waals surface area contributed by atoms with Crippen molar-refractivity contribution < 1.29 is 13.9 Å². The molecule has 2 N–H and O–H groups in total. The summed E-state index contributed by atoms with van der Waals surface area (Å²) in [5.74, 6) is 0.0481. The van der Waals surface area contributed by atoms with E-state index < -0.39 is 6.09 Å². The maximum atomic E-state index is 13.2. The number of aromatic nitrogens is 2. The Morgan fingerprint density at radius 1 is 1.27 bits per heavy atom. The van der Waals surface area contributed by atoms with Crippen LogP contribution in [-0.2, 0) is 4.74 Å². The van der Waals surface area contributed by atoms with Gasteiger partial charge < -0.3 is 9.72 Å². The largest absolute Gasteiger partial charge is 0.453 e. The number of nitrogens with zero attached hydrogens (tertiary/aromatic N) is 1. The summed E-state index contributed by atoms with van der Waals surface area (Å²) in [6.07, 6.45) is -0.589. The van der Waals surface area contributed by atoms with Gasteiger partial charge in [-0.2, -0.15) is 0 Å². The molecule has 3 aromatic rings. The normalized spacial score (nSPS) is 10.6. The third kappa shape index (κ3) is 3.20. The van der Waals surface area contributed by atoms with Gasteiger partial charge in [0.05, 0.1) is 18.1 Å². The van der Waals surface area contributed by atoms with Crippen LogP contribution in [0.25, 0.3) is 11.0 Å². The number of fused-ring (bicyclic) bond motifs is 1. The van der Waals surface area contributed by atoms with Crippen LogP contribution in [0.1, 0.15) is 0 Å². The lowest BCUT2D eigenvalue weighted by atomic mass is 10.3. The van der Waals surface area contributed by atoms with Crippen LogP contribution in [0, 0.1) is 5.82 Å². The van der Waals surface area contributed by atoms with Crippen molar-refractivity contribution in [2.75, 3.05) is 12.4 Å². The molecule has 0 fully saturated rings. The average molecular weight is 317 g/mol. The fraction of sp³-hybridized carbons (Fsp3) is 0.0667. The summed E-state index contributed by atoms with van der Waals surface area (Å²) in [4.78, 5) is 20.1. The number of carbonyl (C=O) groups is 1. The highest BCUT2D eigenvalue weighted by atomic mass is 32.2. The predicted molar refractivity (Wildman–Crippen MR) is 82.6 cm³/mol. The first-order chi connectivity index (χ1) is 10.6. The predicted octanol–water partition coefficient (Wildman–Crippen LogP) is 4.03. The highest BCUT2D eigenvalue weighted by molar-refractivity contribution is 7.99. The molecular weight excluding hydrogens is 305 g/mol. The minimum absolute atomic E-state index is 0.266. The molecule has 1 amide bonds. The van der Waals surface area contributed by atoms with Crippen molar-refractivity contribution in [1.82, 2.24) is 9.97 Å². The first-order valence-electron chi connectivity index (χ1n) is 6.42. The Morgan fingerprint density at radius 3 is 2.86 bits per heavy atom. The molecule has 0 spiro atoms. The van der Waals surface area contributed by atoms with Gasteiger partial charge in [-0.3, -0.25) is 5.32 Å². The van der Waals surface area contributed by atoms with Gasteiger partial charge in [-0.05, 0) is 36.4 Å². The molecule has 0 aliphatic carbocycles. The Morgan fingerprint density at radius 2 is 2.09 bits per heavy atom. The van der Waals surface area contributed by atoms with E-state index in [-0.39, 0.29) is 5.82 Å². The van der Waals surface area contributed by atoms with Crippen LogP contribution in [0.3, 0.4) is 0 Å². The number of rotatable bonds is 3. The maximum absolute atomic E-state index is 13.2. The summed E-state index contributed by atoms with van der Waals surface area (Å²) >= 11 is 1.44. The monoisotopic (exact) mass is 317 g/mol. The first kappa shape index (κ1) is 14.4. The zero-order chi connectivity index (χ0) is 15.5. The van der Waals surface area contributed by atoms with Crippen molar-refractivity contribution in [3.8, 4) is 0 Å². The van der Waals surface area contributed by atoms with E-state index >= 15 is 0 Å². The Balaban J connectivity index is 1.84. The van der Waals surface area contributed by atoms with Crippen molar-refractivity contribution in [2.24, 2.45) is 0 Å². The summed E-state index contributed by atoms with van der Waals surface area (Å²) in [7, 11) is 1.28. The quantitative estimate of drug-likeness (QED) is 0.765. The number of anilines is 1. The number of carbonyl (C=O) groups excluding carboxylic acids is 1. The third-order valence-electron chi connectivity index (χ3n) is 2.89. The standard InChI is InChI=1S/C15H12FN3O2S/c1-21-15(20)19-14-17-12-6-5-11(8-13(12)18-14)22-10-4-2-3-9(16)7-10/h2-8H,1H3,(H2,17,18,19,20). The number of benzene rings is 2. The van der Waals surface area contributed by atoms with Gasteiger partial charge in [-0.15, -0.1) is 0 Å². The molecule has 7 heteroatoms. The SMILES string of the molecule is COC(=O)Nc1nc2ccc(Sc3cccc(F)c3)cc2[nH]1. The number of halogens is 1. The summed E-state index contributed by atoms with van der Waals surface area (Å²) < 4.78 is 17.7. The molecule has 22 heavy (non-hydrogen) atoms. The van der Waals surface area contributed by atoms with Gasteiger partial charge in [0, 0.05) is 9.79 Å². The van der Waals surface area contributed by atoms with Gasteiger partial charge >= 0.3 is 6.09 Å². The van der Waals surface area contributed by atoms with Gasteiger partial charge in [-0.25, -0.2) is 14.2 Å². The zero-order valence-electron chi connectivity index (χ0n) is 11.6. The maximum Gasteiger partial charge on any atom is 0.413 e. The van der Waals surface area contributed by atoms with E-state index in [1.807, 2.05) is 24.3 Å². The van der Waals surface area contributed by atoms with Crippen LogP contribution in [0.5, 0.6) is 0 Å². The number of aromatic amines is 1.